The first kappa shape index (κ1) is 19.4. The number of nitrogens with one attached hydrogen (secondary N) is 1. The Morgan fingerprint density at radius 2 is 1.87 bits per heavy atom. The number of oxazole rings is 1. The van der Waals surface area contributed by atoms with E-state index in [2.05, 4.69) is 24.4 Å². The Morgan fingerprint density at radius 3 is 2.65 bits per heavy atom. The lowest BCUT2D eigenvalue weighted by Crippen LogP contribution is -2.34. The van der Waals surface area contributed by atoms with Crippen molar-refractivity contribution in [1.29, 1.82) is 0 Å². The van der Waals surface area contributed by atoms with E-state index in [-0.39, 0.29) is 12.1 Å². The number of rotatable bonds is 4. The molecule has 0 radical (unpaired) electrons. The molecule has 1 aliphatic heterocycles. The number of likely N-dealkylation sites (tertiary alicyclic amines) is 1. The van der Waals surface area contributed by atoms with E-state index >= 15 is 0 Å². The standard InChI is InChI=1S/C26H25N3O2/c1-2-18-10-13-21(14-11-18)27-26(30)29-16-6-9-23(29)25-28-22-17-20(12-15-24(22)31-25)19-7-4-3-5-8-19/h3-5,7-8,10-15,17,23H,2,6,9,16H2,1H3,(H,27,30). The van der Waals surface area contributed by atoms with Crippen LogP contribution in [0.4, 0.5) is 10.5 Å². The summed E-state index contributed by atoms with van der Waals surface area (Å²) in [5.41, 5.74) is 5.86. The monoisotopic (exact) mass is 411 g/mol. The molecule has 156 valence electrons. The number of aryl methyl sites for hydroxylation is 1. The third-order valence-corrected chi connectivity index (χ3v) is 5.92. The summed E-state index contributed by atoms with van der Waals surface area (Å²) in [7, 11) is 0. The van der Waals surface area contributed by atoms with Crippen LogP contribution in [0.1, 0.15) is 37.3 Å². The number of aromatic nitrogens is 1. The molecule has 5 rings (SSSR count). The molecule has 5 heteroatoms. The summed E-state index contributed by atoms with van der Waals surface area (Å²) < 4.78 is 6.07. The third kappa shape index (κ3) is 3.91. The number of carbonyl (C=O) groups is 1. The molecule has 1 N–H and O–H groups in total. The molecule has 1 atom stereocenters. The number of hydrogen-bond acceptors (Lipinski definition) is 3. The number of amides is 2. The molecular formula is C26H25N3O2. The Morgan fingerprint density at radius 1 is 1.06 bits per heavy atom. The van der Waals surface area contributed by atoms with Crippen LogP contribution in [-0.2, 0) is 6.42 Å². The predicted octanol–water partition coefficient (Wildman–Crippen LogP) is 6.43. The lowest BCUT2D eigenvalue weighted by molar-refractivity contribution is 0.199. The summed E-state index contributed by atoms with van der Waals surface area (Å²) in [6, 6.07) is 24.0. The number of urea groups is 1. The van der Waals surface area contributed by atoms with Crippen molar-refractivity contribution in [3.63, 3.8) is 0 Å². The van der Waals surface area contributed by atoms with E-state index < -0.39 is 0 Å². The summed E-state index contributed by atoms with van der Waals surface area (Å²) in [6.45, 7) is 2.81. The van der Waals surface area contributed by atoms with Crippen molar-refractivity contribution in [3.05, 3.63) is 84.3 Å². The summed E-state index contributed by atoms with van der Waals surface area (Å²) >= 11 is 0. The first-order chi connectivity index (χ1) is 15.2. The van der Waals surface area contributed by atoms with Gasteiger partial charge in [0.1, 0.15) is 11.6 Å². The quantitative estimate of drug-likeness (QED) is 0.421. The number of nitrogens with zero attached hydrogens (tertiary/aromatic N) is 2. The number of carbonyl (C=O) groups excluding carboxylic acids is 1. The predicted molar refractivity (Wildman–Crippen MR) is 123 cm³/mol. The van der Waals surface area contributed by atoms with Crippen LogP contribution in [0.5, 0.6) is 0 Å². The Hall–Kier alpha value is -3.60. The molecule has 31 heavy (non-hydrogen) atoms. The van der Waals surface area contributed by atoms with Crippen molar-refractivity contribution < 1.29 is 9.21 Å². The van der Waals surface area contributed by atoms with Gasteiger partial charge in [-0.1, -0.05) is 55.5 Å². The van der Waals surface area contributed by atoms with Crippen LogP contribution in [0.3, 0.4) is 0 Å². The molecule has 4 aromatic rings. The van der Waals surface area contributed by atoms with Gasteiger partial charge < -0.3 is 14.6 Å². The minimum absolute atomic E-state index is 0.112. The minimum Gasteiger partial charge on any atom is -0.438 e. The van der Waals surface area contributed by atoms with Gasteiger partial charge in [0.25, 0.3) is 0 Å². The highest BCUT2D eigenvalue weighted by molar-refractivity contribution is 5.90. The molecule has 1 fully saturated rings. The van der Waals surface area contributed by atoms with Gasteiger partial charge in [0, 0.05) is 12.2 Å². The second kappa shape index (κ2) is 8.26. The highest BCUT2D eigenvalue weighted by atomic mass is 16.4. The van der Waals surface area contributed by atoms with Gasteiger partial charge in [0.2, 0.25) is 5.89 Å². The zero-order valence-electron chi connectivity index (χ0n) is 17.5. The Balaban J connectivity index is 1.37. The summed E-state index contributed by atoms with van der Waals surface area (Å²) in [5.74, 6) is 0.606. The first-order valence-electron chi connectivity index (χ1n) is 10.8. The van der Waals surface area contributed by atoms with Crippen LogP contribution in [0.15, 0.2) is 77.2 Å². The van der Waals surface area contributed by atoms with Crippen molar-refractivity contribution >= 4 is 22.8 Å². The summed E-state index contributed by atoms with van der Waals surface area (Å²) in [6.07, 6.45) is 2.76. The van der Waals surface area contributed by atoms with E-state index in [0.29, 0.717) is 12.4 Å². The van der Waals surface area contributed by atoms with Crippen LogP contribution in [0, 0.1) is 0 Å². The maximum absolute atomic E-state index is 13.0. The second-order valence-corrected chi connectivity index (χ2v) is 7.93. The van der Waals surface area contributed by atoms with Crippen molar-refractivity contribution in [3.8, 4) is 11.1 Å². The topological polar surface area (TPSA) is 58.4 Å². The van der Waals surface area contributed by atoms with Gasteiger partial charge in [-0.25, -0.2) is 9.78 Å². The fourth-order valence-electron chi connectivity index (χ4n) is 4.18. The molecule has 0 bridgehead atoms. The Bertz CT molecular complexity index is 1200. The van der Waals surface area contributed by atoms with E-state index in [4.69, 9.17) is 9.40 Å². The molecule has 1 saturated heterocycles. The number of anilines is 1. The van der Waals surface area contributed by atoms with Gasteiger partial charge in [-0.05, 0) is 60.2 Å². The highest BCUT2D eigenvalue weighted by Gasteiger charge is 2.33. The number of fused-ring (bicyclic) bond motifs is 1. The Kier molecular flexibility index (Phi) is 5.16. The number of benzene rings is 3. The van der Waals surface area contributed by atoms with E-state index in [1.165, 1.54) is 5.56 Å². The normalized spacial score (nSPS) is 16.0. The van der Waals surface area contributed by atoms with Gasteiger partial charge in [0.05, 0.1) is 0 Å². The molecule has 1 aromatic heterocycles. The molecule has 2 amide bonds. The van der Waals surface area contributed by atoms with Gasteiger partial charge in [-0.3, -0.25) is 0 Å². The molecule has 1 aliphatic rings. The van der Waals surface area contributed by atoms with Crippen molar-refractivity contribution in [1.82, 2.24) is 9.88 Å². The van der Waals surface area contributed by atoms with Crippen LogP contribution in [0.2, 0.25) is 0 Å². The van der Waals surface area contributed by atoms with Gasteiger partial charge in [-0.15, -0.1) is 0 Å². The summed E-state index contributed by atoms with van der Waals surface area (Å²) in [5, 5.41) is 3.02. The van der Waals surface area contributed by atoms with Crippen LogP contribution >= 0.6 is 0 Å². The highest BCUT2D eigenvalue weighted by Crippen LogP contribution is 2.34. The fraction of sp³-hybridized carbons (Fsp3) is 0.231. The van der Waals surface area contributed by atoms with Crippen molar-refractivity contribution in [2.45, 2.75) is 32.2 Å². The molecule has 0 spiro atoms. The van der Waals surface area contributed by atoms with E-state index in [1.54, 1.807) is 0 Å². The first-order valence-corrected chi connectivity index (χ1v) is 10.8. The molecule has 2 heterocycles. The third-order valence-electron chi connectivity index (χ3n) is 5.92. The van der Waals surface area contributed by atoms with Crippen LogP contribution in [0.25, 0.3) is 22.2 Å². The zero-order chi connectivity index (χ0) is 21.2. The molecule has 3 aromatic carbocycles. The summed E-state index contributed by atoms with van der Waals surface area (Å²) in [4.78, 5) is 19.5. The largest absolute Gasteiger partial charge is 0.438 e. The Labute approximate surface area is 181 Å². The van der Waals surface area contributed by atoms with Crippen molar-refractivity contribution in [2.24, 2.45) is 0 Å². The number of hydrogen-bond donors (Lipinski definition) is 1. The minimum atomic E-state index is -0.150. The molecule has 0 saturated carbocycles. The molecule has 0 aliphatic carbocycles. The molecule has 1 unspecified atom stereocenters. The van der Waals surface area contributed by atoms with Gasteiger partial charge in [0.15, 0.2) is 5.58 Å². The van der Waals surface area contributed by atoms with Crippen molar-refractivity contribution in [2.75, 3.05) is 11.9 Å². The average molecular weight is 412 g/mol. The van der Waals surface area contributed by atoms with E-state index in [0.717, 1.165) is 47.2 Å². The van der Waals surface area contributed by atoms with Gasteiger partial charge in [-0.2, -0.15) is 0 Å². The fourth-order valence-corrected chi connectivity index (χ4v) is 4.18. The lowest BCUT2D eigenvalue weighted by atomic mass is 10.1. The van der Waals surface area contributed by atoms with E-state index in [1.807, 2.05) is 65.6 Å². The van der Waals surface area contributed by atoms with Crippen LogP contribution < -0.4 is 5.32 Å². The zero-order valence-corrected chi connectivity index (χ0v) is 17.5. The molecular weight excluding hydrogens is 386 g/mol. The maximum atomic E-state index is 13.0. The maximum Gasteiger partial charge on any atom is 0.322 e. The average Bonchev–Trinajstić information content (AvgIpc) is 3.46. The van der Waals surface area contributed by atoms with Crippen LogP contribution in [-0.4, -0.2) is 22.5 Å². The SMILES string of the molecule is CCc1ccc(NC(=O)N2CCCC2c2nc3cc(-c4ccccc4)ccc3o2)cc1. The second-order valence-electron chi connectivity index (χ2n) is 7.93. The van der Waals surface area contributed by atoms with Gasteiger partial charge >= 0.3 is 6.03 Å². The molecule has 5 nitrogen and oxygen atoms in total. The lowest BCUT2D eigenvalue weighted by Gasteiger charge is -2.22. The smallest absolute Gasteiger partial charge is 0.322 e. The van der Waals surface area contributed by atoms with E-state index in [9.17, 15) is 4.79 Å².